The van der Waals surface area contributed by atoms with Gasteiger partial charge >= 0.3 is 12.1 Å². The Morgan fingerprint density at radius 3 is 1.38 bits per heavy atom. The third kappa shape index (κ3) is 8.24. The molecule has 0 radical (unpaired) electrons. The lowest BCUT2D eigenvalue weighted by molar-refractivity contribution is -0.139. The van der Waals surface area contributed by atoms with Gasteiger partial charge in [0.1, 0.15) is 52.1 Å². The Morgan fingerprint density at radius 2 is 1.10 bits per heavy atom. The van der Waals surface area contributed by atoms with Gasteiger partial charge in [0, 0.05) is 6.42 Å². The summed E-state index contributed by atoms with van der Waals surface area (Å²) in [5.74, 6) is 1.03. The van der Waals surface area contributed by atoms with Crippen molar-refractivity contribution in [2.45, 2.75) is 38.8 Å². The van der Waals surface area contributed by atoms with E-state index in [9.17, 15) is 14.7 Å². The lowest BCUT2D eigenvalue weighted by atomic mass is 10.2. The highest BCUT2D eigenvalue weighted by atomic mass is 127. The molecule has 2 N–H and O–H groups in total. The maximum Gasteiger partial charge on any atom is 0.408 e. The van der Waals surface area contributed by atoms with Crippen LogP contribution in [0.15, 0.2) is 72.8 Å². The molecule has 0 saturated heterocycles. The van der Waals surface area contributed by atoms with E-state index < -0.39 is 31.0 Å². The first-order valence-corrected chi connectivity index (χ1v) is 14.5. The number of methoxy groups -OCH3 is 3. The molecule has 10 heteroatoms. The number of hydrogen-bond donors (Lipinski definition) is 2. The fraction of sp³-hybridized carbons (Fsp3) is 0.333. The molecule has 0 bridgehead atoms. The molecule has 1 atom stereocenters. The van der Waals surface area contributed by atoms with Gasteiger partial charge in [-0.25, -0.2) is 9.59 Å². The number of carbonyl (C=O) groups excluding carboxylic acids is 1. The molecule has 3 rings (SSSR count). The average Bonchev–Trinajstić information content (AvgIpc) is 2.92. The number of nitrogens with one attached hydrogen (secondary N) is 1. The van der Waals surface area contributed by atoms with E-state index in [4.69, 9.17) is 18.9 Å². The number of ether oxygens (including phenoxy) is 4. The molecule has 0 aromatic heterocycles. The topological polar surface area (TPSA) is 103 Å². The Balaban J connectivity index is 0.00000560. The van der Waals surface area contributed by atoms with Gasteiger partial charge in [0.05, 0.1) is 27.5 Å². The van der Waals surface area contributed by atoms with E-state index in [0.717, 1.165) is 33.2 Å². The second-order valence-corrected chi connectivity index (χ2v) is 13.6. The standard InChI is InChI=1S/C30H36NO7P.HI/c1-30(2,3)38-29(34)31-27(28(32)33)19-20-39(24-13-7-21(35-4)8-14-24,25-15-9-22(36-5)10-16-25)26-17-11-23(37-6)12-18-26;/h7-18,27H,19-20H2,1-6H3,(H-,31,32,33,34);1H. The van der Waals surface area contributed by atoms with E-state index in [2.05, 4.69) is 5.32 Å². The van der Waals surface area contributed by atoms with Crippen molar-refractivity contribution in [3.05, 3.63) is 72.8 Å². The largest absolute Gasteiger partial charge is 1.00 e. The Morgan fingerprint density at radius 1 is 0.750 bits per heavy atom. The fourth-order valence-electron chi connectivity index (χ4n) is 4.37. The number of carboxylic acids is 1. The number of rotatable bonds is 11. The highest BCUT2D eigenvalue weighted by molar-refractivity contribution is 7.95. The summed E-state index contributed by atoms with van der Waals surface area (Å²) in [7, 11) is 2.40. The summed E-state index contributed by atoms with van der Waals surface area (Å²) < 4.78 is 21.6. The first-order chi connectivity index (χ1) is 18.5. The Hall–Kier alpha value is -3.04. The van der Waals surface area contributed by atoms with Crippen LogP contribution in [0.2, 0.25) is 0 Å². The molecule has 1 amide bonds. The van der Waals surface area contributed by atoms with Crippen LogP contribution < -0.4 is 59.4 Å². The lowest BCUT2D eigenvalue weighted by Crippen LogP contribution is -3.00. The molecule has 3 aromatic rings. The zero-order valence-corrected chi connectivity index (χ0v) is 26.7. The molecular formula is C30H37INO7P. The van der Waals surface area contributed by atoms with Gasteiger partial charge in [-0.3, -0.25) is 0 Å². The van der Waals surface area contributed by atoms with Gasteiger partial charge in [-0.05, 0) is 93.6 Å². The van der Waals surface area contributed by atoms with Crippen molar-refractivity contribution < 1.29 is 57.6 Å². The smallest absolute Gasteiger partial charge is 0.408 e. The highest BCUT2D eigenvalue weighted by Gasteiger charge is 2.46. The second kappa shape index (κ2) is 14.6. The normalized spacial score (nSPS) is 11.9. The third-order valence-corrected chi connectivity index (χ3v) is 10.7. The van der Waals surface area contributed by atoms with Crippen molar-refractivity contribution in [1.29, 1.82) is 0 Å². The molecule has 0 heterocycles. The van der Waals surface area contributed by atoms with Crippen LogP contribution in [0.3, 0.4) is 0 Å². The molecule has 3 aromatic carbocycles. The van der Waals surface area contributed by atoms with Crippen LogP contribution in [0.25, 0.3) is 0 Å². The highest BCUT2D eigenvalue weighted by Crippen LogP contribution is 2.56. The number of alkyl carbamates (subject to hydrolysis) is 1. The average molecular weight is 682 g/mol. The Kier molecular flexibility index (Phi) is 12.1. The molecular weight excluding hydrogens is 644 g/mol. The van der Waals surface area contributed by atoms with Crippen LogP contribution in [-0.2, 0) is 9.53 Å². The number of aliphatic carboxylic acids is 1. The van der Waals surface area contributed by atoms with Crippen LogP contribution in [0, 0.1) is 0 Å². The Labute approximate surface area is 253 Å². The number of hydrogen-bond acceptors (Lipinski definition) is 6. The van der Waals surface area contributed by atoms with Crippen LogP contribution >= 0.6 is 7.26 Å². The van der Waals surface area contributed by atoms with Gasteiger partial charge in [-0.2, -0.15) is 0 Å². The van der Waals surface area contributed by atoms with Crippen LogP contribution in [0.5, 0.6) is 17.2 Å². The fourth-order valence-corrected chi connectivity index (χ4v) is 8.66. The summed E-state index contributed by atoms with van der Waals surface area (Å²) in [5, 5.41) is 15.7. The molecule has 0 aliphatic heterocycles. The van der Waals surface area contributed by atoms with E-state index in [1.165, 1.54) is 0 Å². The van der Waals surface area contributed by atoms with Gasteiger partial charge in [-0.15, -0.1) is 0 Å². The monoisotopic (exact) mass is 681 g/mol. The van der Waals surface area contributed by atoms with Gasteiger partial charge in [0.15, 0.2) is 0 Å². The van der Waals surface area contributed by atoms with Gasteiger partial charge in [0.2, 0.25) is 0 Å². The number of benzene rings is 3. The maximum atomic E-state index is 12.5. The Bertz CT molecular complexity index is 1130. The van der Waals surface area contributed by atoms with Crippen molar-refractivity contribution >= 4 is 35.2 Å². The molecule has 0 fully saturated rings. The number of amides is 1. The zero-order valence-electron chi connectivity index (χ0n) is 23.6. The van der Waals surface area contributed by atoms with E-state index in [-0.39, 0.29) is 30.4 Å². The van der Waals surface area contributed by atoms with Crippen molar-refractivity contribution in [2.24, 2.45) is 0 Å². The first kappa shape index (κ1) is 33.2. The first-order valence-electron chi connectivity index (χ1n) is 12.6. The van der Waals surface area contributed by atoms with Crippen molar-refractivity contribution in [2.75, 3.05) is 27.5 Å². The molecule has 40 heavy (non-hydrogen) atoms. The molecule has 216 valence electrons. The summed E-state index contributed by atoms with van der Waals surface area (Å²) in [5.41, 5.74) is -0.751. The molecule has 0 saturated carbocycles. The number of carboxylic acid groups (broad SMARTS) is 1. The lowest BCUT2D eigenvalue weighted by Gasteiger charge is -2.29. The van der Waals surface area contributed by atoms with E-state index in [1.807, 2.05) is 72.8 Å². The molecule has 0 spiro atoms. The van der Waals surface area contributed by atoms with E-state index in [1.54, 1.807) is 42.1 Å². The summed E-state index contributed by atoms with van der Waals surface area (Å²) >= 11 is 0. The quantitative estimate of drug-likeness (QED) is 0.233. The van der Waals surface area contributed by atoms with Gasteiger partial charge in [0.25, 0.3) is 0 Å². The summed E-state index contributed by atoms with van der Waals surface area (Å²) in [4.78, 5) is 24.8. The molecule has 1 unspecified atom stereocenters. The molecule has 8 nitrogen and oxygen atoms in total. The predicted molar refractivity (Wildman–Crippen MR) is 155 cm³/mol. The van der Waals surface area contributed by atoms with Crippen LogP contribution in [-0.4, -0.2) is 56.3 Å². The number of halogens is 1. The number of carbonyl (C=O) groups is 2. The van der Waals surface area contributed by atoms with Gasteiger partial charge < -0.3 is 53.3 Å². The second-order valence-electron chi connectivity index (χ2n) is 9.95. The van der Waals surface area contributed by atoms with Crippen molar-refractivity contribution in [3.8, 4) is 17.2 Å². The van der Waals surface area contributed by atoms with Crippen LogP contribution in [0.4, 0.5) is 4.79 Å². The minimum absolute atomic E-state index is 0. The molecule has 0 aliphatic carbocycles. The SMILES string of the molecule is COc1ccc([P+](CCC(NC(=O)OC(C)(C)C)C(=O)O)(c2ccc(OC)cc2)c2ccc(OC)cc2)cc1.[I-]. The summed E-state index contributed by atoms with van der Waals surface area (Å²) in [6.45, 7) is 5.20. The minimum atomic E-state index is -2.44. The van der Waals surface area contributed by atoms with E-state index in [0.29, 0.717) is 6.16 Å². The van der Waals surface area contributed by atoms with Gasteiger partial charge in [-0.1, -0.05) is 0 Å². The zero-order chi connectivity index (χ0) is 28.6. The van der Waals surface area contributed by atoms with Crippen LogP contribution in [0.1, 0.15) is 27.2 Å². The minimum Gasteiger partial charge on any atom is -1.00 e. The van der Waals surface area contributed by atoms with E-state index >= 15 is 0 Å². The predicted octanol–water partition coefficient (Wildman–Crippen LogP) is 1.38. The molecule has 0 aliphatic rings. The third-order valence-electron chi connectivity index (χ3n) is 6.28. The maximum absolute atomic E-state index is 12.5. The van der Waals surface area contributed by atoms with Crippen molar-refractivity contribution in [1.82, 2.24) is 5.32 Å². The van der Waals surface area contributed by atoms with Crippen molar-refractivity contribution in [3.63, 3.8) is 0 Å². The summed E-state index contributed by atoms with van der Waals surface area (Å²) in [6.07, 6.45) is -0.130. The summed E-state index contributed by atoms with van der Waals surface area (Å²) in [6, 6.07) is 22.5.